The van der Waals surface area contributed by atoms with Crippen molar-refractivity contribution < 1.29 is 20.1 Å². The number of rotatable bonds is 2. The third-order valence-corrected chi connectivity index (χ3v) is 3.40. The third kappa shape index (κ3) is 2.12. The Hall–Kier alpha value is -1.48. The zero-order valence-electron chi connectivity index (χ0n) is 10.2. The van der Waals surface area contributed by atoms with E-state index in [1.165, 1.54) is 6.34 Å². The molecule has 0 saturated carbocycles. The van der Waals surface area contributed by atoms with E-state index < -0.39 is 24.5 Å². The lowest BCUT2D eigenvalue weighted by atomic mass is 10.2. The van der Waals surface area contributed by atoms with Gasteiger partial charge >= 0.3 is 0 Å². The molecule has 0 amide bonds. The maximum absolute atomic E-state index is 9.89. The number of aromatic nitrogens is 2. The van der Waals surface area contributed by atoms with Crippen LogP contribution in [0.3, 0.4) is 0 Å². The van der Waals surface area contributed by atoms with Crippen LogP contribution in [0.1, 0.15) is 24.4 Å². The predicted molar refractivity (Wildman–Crippen MR) is 65.8 cm³/mol. The number of aliphatic hydroxyl groups excluding tert-OH is 3. The van der Waals surface area contributed by atoms with Gasteiger partial charge in [-0.15, -0.1) is 0 Å². The number of nitrogens with zero attached hydrogens (tertiary/aromatic N) is 3. The Morgan fingerprint density at radius 3 is 3.05 bits per heavy atom. The number of anilines is 1. The Balaban J connectivity index is 1.89. The highest BCUT2D eigenvalue weighted by Gasteiger charge is 2.36. The Morgan fingerprint density at radius 2 is 2.32 bits per heavy atom. The summed E-state index contributed by atoms with van der Waals surface area (Å²) in [4.78, 5) is 8.15. The first-order valence-electron chi connectivity index (χ1n) is 6.14. The molecule has 19 heavy (non-hydrogen) atoms. The third-order valence-electron chi connectivity index (χ3n) is 3.40. The largest absolute Gasteiger partial charge is 0.394 e. The van der Waals surface area contributed by atoms with Crippen molar-refractivity contribution in [1.29, 1.82) is 0 Å². The van der Waals surface area contributed by atoms with E-state index in [1.54, 1.807) is 10.9 Å². The van der Waals surface area contributed by atoms with Crippen LogP contribution in [-0.4, -0.2) is 56.6 Å². The summed E-state index contributed by atoms with van der Waals surface area (Å²) in [6.45, 7) is 0.0243. The molecule has 0 aromatic carbocycles. The summed E-state index contributed by atoms with van der Waals surface area (Å²) in [7, 11) is 0. The van der Waals surface area contributed by atoms with E-state index >= 15 is 0 Å². The number of hydrogen-bond donors (Lipinski definition) is 4. The van der Waals surface area contributed by atoms with Crippen LogP contribution in [0.2, 0.25) is 0 Å². The molecule has 3 heterocycles. The van der Waals surface area contributed by atoms with E-state index in [4.69, 9.17) is 9.84 Å². The second kappa shape index (κ2) is 4.89. The highest BCUT2D eigenvalue weighted by atomic mass is 16.5. The van der Waals surface area contributed by atoms with Crippen LogP contribution >= 0.6 is 0 Å². The van der Waals surface area contributed by atoms with Gasteiger partial charge in [-0.3, -0.25) is 9.56 Å². The molecule has 0 aliphatic carbocycles. The highest BCUT2D eigenvalue weighted by molar-refractivity contribution is 5.76. The molecule has 104 valence electrons. The lowest BCUT2D eigenvalue weighted by Gasteiger charge is -2.16. The van der Waals surface area contributed by atoms with Crippen LogP contribution in [0.25, 0.3) is 0 Å². The van der Waals surface area contributed by atoms with Crippen molar-refractivity contribution in [2.45, 2.75) is 31.0 Å². The van der Waals surface area contributed by atoms with Gasteiger partial charge in [-0.2, -0.15) is 0 Å². The summed E-state index contributed by atoms with van der Waals surface area (Å²) in [6.07, 6.45) is 0.935. The summed E-state index contributed by atoms with van der Waals surface area (Å²) >= 11 is 0. The fourth-order valence-corrected chi connectivity index (χ4v) is 2.38. The summed E-state index contributed by atoms with van der Waals surface area (Å²) in [5.74, 6) is 0.601. The van der Waals surface area contributed by atoms with Gasteiger partial charge in [0.05, 0.1) is 31.9 Å². The van der Waals surface area contributed by atoms with Crippen molar-refractivity contribution in [3.8, 4) is 0 Å². The maximum atomic E-state index is 9.89. The van der Waals surface area contributed by atoms with Crippen LogP contribution < -0.4 is 5.32 Å². The van der Waals surface area contributed by atoms with Gasteiger partial charge in [-0.25, -0.2) is 4.98 Å². The Morgan fingerprint density at radius 1 is 1.47 bits per heavy atom. The normalized spacial score (nSPS) is 33.8. The van der Waals surface area contributed by atoms with Gasteiger partial charge < -0.3 is 25.4 Å². The number of aliphatic hydroxyl groups is 3. The molecule has 2 aliphatic heterocycles. The Kier molecular flexibility index (Phi) is 3.23. The molecule has 1 unspecified atom stereocenters. The summed E-state index contributed by atoms with van der Waals surface area (Å²) in [6, 6.07) is 0. The molecular formula is C11H16N4O4. The minimum absolute atomic E-state index is 0.230. The van der Waals surface area contributed by atoms with E-state index in [9.17, 15) is 10.2 Å². The van der Waals surface area contributed by atoms with Crippen molar-refractivity contribution in [2.24, 2.45) is 4.99 Å². The summed E-state index contributed by atoms with van der Waals surface area (Å²) in [5.41, 5.74) is 0.503. The number of ether oxygens (including phenoxy) is 1. The molecule has 3 rings (SSSR count). The molecule has 1 saturated heterocycles. The standard InChI is InChI=1S/C11H16N4O4/c16-3-8-6(17)1-9(19-8)15-5-14-10-7(18)2-12-4-13-11(10)15/h4-9,16-18H,1-3H2,(H,12,13)/t6-,7-,8+,9?/m1/s1. The lowest BCUT2D eigenvalue weighted by molar-refractivity contribution is -0.0437. The first-order chi connectivity index (χ1) is 9.20. The number of fused-ring (bicyclic) bond motifs is 1. The highest BCUT2D eigenvalue weighted by Crippen LogP contribution is 2.34. The van der Waals surface area contributed by atoms with Gasteiger partial charge in [0.25, 0.3) is 0 Å². The van der Waals surface area contributed by atoms with E-state index in [0.717, 1.165) is 0 Å². The molecule has 0 spiro atoms. The molecule has 8 nitrogen and oxygen atoms in total. The smallest absolute Gasteiger partial charge is 0.139 e. The van der Waals surface area contributed by atoms with Gasteiger partial charge in [0.2, 0.25) is 0 Å². The molecular weight excluding hydrogens is 252 g/mol. The quantitative estimate of drug-likeness (QED) is 0.548. The fraction of sp³-hybridized carbons (Fsp3) is 0.636. The van der Waals surface area contributed by atoms with Crippen LogP contribution in [0.5, 0.6) is 0 Å². The van der Waals surface area contributed by atoms with Gasteiger partial charge in [0, 0.05) is 6.42 Å². The van der Waals surface area contributed by atoms with Crippen LogP contribution in [-0.2, 0) is 4.74 Å². The molecule has 0 bridgehead atoms. The van der Waals surface area contributed by atoms with Crippen LogP contribution in [0.15, 0.2) is 11.3 Å². The first kappa shape index (κ1) is 12.5. The average molecular weight is 268 g/mol. The molecule has 2 aliphatic rings. The van der Waals surface area contributed by atoms with Gasteiger partial charge in [-0.05, 0) is 0 Å². The number of aliphatic imine (C=N–C) groups is 1. The molecule has 1 fully saturated rings. The summed E-state index contributed by atoms with van der Waals surface area (Å²) in [5, 5.41) is 31.7. The van der Waals surface area contributed by atoms with Crippen LogP contribution in [0, 0.1) is 0 Å². The number of hydrogen-bond acceptors (Lipinski definition) is 7. The van der Waals surface area contributed by atoms with Gasteiger partial charge in [0.15, 0.2) is 0 Å². The van der Waals surface area contributed by atoms with E-state index in [1.807, 2.05) is 0 Å². The number of nitrogens with one attached hydrogen (secondary N) is 1. The van der Waals surface area contributed by atoms with E-state index in [2.05, 4.69) is 15.3 Å². The van der Waals surface area contributed by atoms with Crippen molar-refractivity contribution in [2.75, 3.05) is 18.5 Å². The van der Waals surface area contributed by atoms with Gasteiger partial charge in [0.1, 0.15) is 29.9 Å². The molecule has 4 atom stereocenters. The fourth-order valence-electron chi connectivity index (χ4n) is 2.38. The molecule has 1 aromatic rings. The second-order valence-corrected chi connectivity index (χ2v) is 4.65. The van der Waals surface area contributed by atoms with E-state index in [-0.39, 0.29) is 13.2 Å². The van der Waals surface area contributed by atoms with Crippen molar-refractivity contribution in [1.82, 2.24) is 9.55 Å². The maximum Gasteiger partial charge on any atom is 0.139 e. The Bertz CT molecular complexity index is 489. The zero-order chi connectivity index (χ0) is 13.4. The summed E-state index contributed by atoms with van der Waals surface area (Å²) < 4.78 is 7.27. The molecule has 0 radical (unpaired) electrons. The minimum atomic E-state index is -0.762. The van der Waals surface area contributed by atoms with Crippen molar-refractivity contribution in [3.63, 3.8) is 0 Å². The van der Waals surface area contributed by atoms with Crippen LogP contribution in [0.4, 0.5) is 5.82 Å². The van der Waals surface area contributed by atoms with Crippen molar-refractivity contribution >= 4 is 12.2 Å². The Labute approximate surface area is 109 Å². The zero-order valence-corrected chi connectivity index (χ0v) is 10.2. The topological polar surface area (TPSA) is 112 Å². The molecule has 8 heteroatoms. The average Bonchev–Trinajstić information content (AvgIpc) is 2.93. The minimum Gasteiger partial charge on any atom is -0.394 e. The van der Waals surface area contributed by atoms with E-state index in [0.29, 0.717) is 17.9 Å². The predicted octanol–water partition coefficient (Wildman–Crippen LogP) is -0.989. The SMILES string of the molecule is OC[C@@H]1OC(n2cnc3c2NC=NC[C@H]3O)C[C@H]1O. The van der Waals surface area contributed by atoms with Gasteiger partial charge in [-0.1, -0.05) is 0 Å². The number of imidazole rings is 1. The monoisotopic (exact) mass is 268 g/mol. The van der Waals surface area contributed by atoms with Crippen molar-refractivity contribution in [3.05, 3.63) is 12.0 Å². The molecule has 1 aromatic heterocycles. The second-order valence-electron chi connectivity index (χ2n) is 4.65. The molecule has 4 N–H and O–H groups in total. The first-order valence-corrected chi connectivity index (χ1v) is 6.14. The lowest BCUT2D eigenvalue weighted by Crippen LogP contribution is -2.24.